The lowest BCUT2D eigenvalue weighted by Gasteiger charge is -2.03. The van der Waals surface area contributed by atoms with Crippen molar-refractivity contribution >= 4 is 44.9 Å². The number of nitrogens with zero attached hydrogens (tertiary/aromatic N) is 1. The first-order valence-corrected chi connectivity index (χ1v) is 8.17. The first kappa shape index (κ1) is 15.4. The van der Waals surface area contributed by atoms with Gasteiger partial charge in [0.25, 0.3) is 0 Å². The van der Waals surface area contributed by atoms with Crippen molar-refractivity contribution in [2.45, 2.75) is 0 Å². The molecule has 0 aliphatic heterocycles. The lowest BCUT2D eigenvalue weighted by Crippen LogP contribution is -2.07. The number of halogens is 1. The van der Waals surface area contributed by atoms with Crippen LogP contribution in [0.3, 0.4) is 0 Å². The molecule has 2 heterocycles. The van der Waals surface area contributed by atoms with Crippen LogP contribution in [0.1, 0.15) is 5.56 Å². The SMILES string of the molecule is O=C(/C=C/c1csc(Br)c1)Nc1cccc(-c2noc(=O)[nH]2)c1. The molecule has 0 fully saturated rings. The summed E-state index contributed by atoms with van der Waals surface area (Å²) in [4.78, 5) is 25.4. The highest BCUT2D eigenvalue weighted by atomic mass is 79.9. The van der Waals surface area contributed by atoms with Crippen LogP contribution in [-0.2, 0) is 4.79 Å². The van der Waals surface area contributed by atoms with E-state index in [0.717, 1.165) is 9.35 Å². The molecule has 0 spiro atoms. The number of carbonyl (C=O) groups excluding carboxylic acids is 1. The highest BCUT2D eigenvalue weighted by molar-refractivity contribution is 9.11. The number of nitrogens with one attached hydrogen (secondary N) is 2. The van der Waals surface area contributed by atoms with Gasteiger partial charge in [-0.25, -0.2) is 4.79 Å². The third kappa shape index (κ3) is 4.05. The monoisotopic (exact) mass is 391 g/mol. The van der Waals surface area contributed by atoms with Crippen molar-refractivity contribution in [2.24, 2.45) is 0 Å². The van der Waals surface area contributed by atoms with Crippen molar-refractivity contribution in [2.75, 3.05) is 5.32 Å². The van der Waals surface area contributed by atoms with E-state index in [4.69, 9.17) is 0 Å². The molecule has 1 amide bonds. The van der Waals surface area contributed by atoms with Gasteiger partial charge in [-0.3, -0.25) is 14.3 Å². The Balaban J connectivity index is 1.71. The number of hydrogen-bond acceptors (Lipinski definition) is 5. The minimum atomic E-state index is -0.626. The molecule has 1 aromatic carbocycles. The van der Waals surface area contributed by atoms with Crippen LogP contribution >= 0.6 is 27.3 Å². The third-order valence-corrected chi connectivity index (χ3v) is 4.38. The van der Waals surface area contributed by atoms with E-state index in [2.05, 4.69) is 35.9 Å². The van der Waals surface area contributed by atoms with Crippen LogP contribution in [-0.4, -0.2) is 16.0 Å². The Labute approximate surface area is 143 Å². The van der Waals surface area contributed by atoms with Crippen molar-refractivity contribution < 1.29 is 9.32 Å². The zero-order chi connectivity index (χ0) is 16.2. The molecule has 0 saturated heterocycles. The summed E-state index contributed by atoms with van der Waals surface area (Å²) < 4.78 is 5.47. The van der Waals surface area contributed by atoms with Gasteiger partial charge < -0.3 is 5.32 Å². The zero-order valence-electron chi connectivity index (χ0n) is 11.6. The summed E-state index contributed by atoms with van der Waals surface area (Å²) in [6.07, 6.45) is 3.19. The number of hydrogen-bond donors (Lipinski definition) is 2. The minimum absolute atomic E-state index is 0.252. The molecular weight excluding hydrogens is 382 g/mol. The molecule has 3 rings (SSSR count). The van der Waals surface area contributed by atoms with Gasteiger partial charge in [-0.05, 0) is 51.1 Å². The summed E-state index contributed by atoms with van der Waals surface area (Å²) in [5.41, 5.74) is 2.18. The average molecular weight is 392 g/mol. The van der Waals surface area contributed by atoms with Crippen LogP contribution in [0.5, 0.6) is 0 Å². The lowest BCUT2D eigenvalue weighted by molar-refractivity contribution is -0.111. The van der Waals surface area contributed by atoms with Crippen LogP contribution < -0.4 is 11.1 Å². The highest BCUT2D eigenvalue weighted by Gasteiger charge is 2.06. The molecule has 2 aromatic heterocycles. The first-order valence-electron chi connectivity index (χ1n) is 6.50. The second-order valence-corrected chi connectivity index (χ2v) is 6.82. The number of aromatic amines is 1. The molecule has 23 heavy (non-hydrogen) atoms. The Morgan fingerprint density at radius 3 is 2.96 bits per heavy atom. The van der Waals surface area contributed by atoms with E-state index in [1.165, 1.54) is 6.08 Å². The zero-order valence-corrected chi connectivity index (χ0v) is 14.0. The van der Waals surface area contributed by atoms with Crippen LogP contribution in [0.15, 0.2) is 54.9 Å². The van der Waals surface area contributed by atoms with E-state index < -0.39 is 5.76 Å². The van der Waals surface area contributed by atoms with Gasteiger partial charge in [-0.2, -0.15) is 0 Å². The molecule has 0 aliphatic rings. The number of carbonyl (C=O) groups is 1. The summed E-state index contributed by atoms with van der Waals surface area (Å²) in [5.74, 6) is -0.567. The number of thiophene rings is 1. The highest BCUT2D eigenvalue weighted by Crippen LogP contribution is 2.22. The van der Waals surface area contributed by atoms with E-state index in [1.807, 2.05) is 11.4 Å². The van der Waals surface area contributed by atoms with E-state index >= 15 is 0 Å². The van der Waals surface area contributed by atoms with Crippen molar-refractivity contribution in [3.05, 3.63) is 61.7 Å². The molecule has 3 aromatic rings. The molecular formula is C15H10BrN3O3S. The van der Waals surface area contributed by atoms with Gasteiger partial charge >= 0.3 is 5.76 Å². The number of benzene rings is 1. The summed E-state index contributed by atoms with van der Waals surface area (Å²) in [6.45, 7) is 0. The molecule has 8 heteroatoms. The van der Waals surface area contributed by atoms with E-state index in [-0.39, 0.29) is 5.91 Å². The topological polar surface area (TPSA) is 88.0 Å². The smallest absolute Gasteiger partial charge is 0.322 e. The van der Waals surface area contributed by atoms with E-state index in [0.29, 0.717) is 17.1 Å². The van der Waals surface area contributed by atoms with Gasteiger partial charge in [0, 0.05) is 17.3 Å². The van der Waals surface area contributed by atoms with Gasteiger partial charge in [0.15, 0.2) is 5.82 Å². The number of amides is 1. The number of H-pyrrole nitrogens is 1. The van der Waals surface area contributed by atoms with Crippen LogP contribution in [0.25, 0.3) is 17.5 Å². The maximum Gasteiger partial charge on any atom is 0.439 e. The van der Waals surface area contributed by atoms with Gasteiger partial charge in [0.2, 0.25) is 5.91 Å². The fourth-order valence-electron chi connectivity index (χ4n) is 1.87. The molecule has 6 nitrogen and oxygen atoms in total. The first-order chi connectivity index (χ1) is 11.1. The second-order valence-electron chi connectivity index (χ2n) is 4.53. The van der Waals surface area contributed by atoms with E-state index in [1.54, 1.807) is 41.7 Å². The lowest BCUT2D eigenvalue weighted by atomic mass is 10.2. The molecule has 116 valence electrons. The minimum Gasteiger partial charge on any atom is -0.322 e. The summed E-state index contributed by atoms with van der Waals surface area (Å²) in [5, 5.41) is 8.30. The number of rotatable bonds is 4. The van der Waals surface area contributed by atoms with Crippen molar-refractivity contribution in [1.82, 2.24) is 10.1 Å². The van der Waals surface area contributed by atoms with Crippen LogP contribution in [0, 0.1) is 0 Å². The third-order valence-electron chi connectivity index (χ3n) is 2.86. The van der Waals surface area contributed by atoms with Crippen LogP contribution in [0.2, 0.25) is 0 Å². The molecule has 0 bridgehead atoms. The Kier molecular flexibility index (Phi) is 4.54. The van der Waals surface area contributed by atoms with Crippen molar-refractivity contribution in [3.8, 4) is 11.4 Å². The van der Waals surface area contributed by atoms with E-state index in [9.17, 15) is 9.59 Å². The van der Waals surface area contributed by atoms with Gasteiger partial charge in [0.1, 0.15) is 0 Å². The van der Waals surface area contributed by atoms with Crippen LogP contribution in [0.4, 0.5) is 5.69 Å². The Morgan fingerprint density at radius 1 is 1.39 bits per heavy atom. The standard InChI is InChI=1S/C15H10BrN3O3S/c16-12-6-9(8-23-12)4-5-13(20)17-11-3-1-2-10(7-11)14-18-15(21)22-19-14/h1-8H,(H,17,20)(H,18,19,21)/b5-4+. The maximum absolute atomic E-state index is 11.9. The largest absolute Gasteiger partial charge is 0.439 e. The Hall–Kier alpha value is -2.45. The quantitative estimate of drug-likeness (QED) is 0.666. The Bertz CT molecular complexity index is 926. The maximum atomic E-state index is 11.9. The molecule has 0 radical (unpaired) electrons. The predicted molar refractivity (Wildman–Crippen MR) is 92.2 cm³/mol. The summed E-state index contributed by atoms with van der Waals surface area (Å²) >= 11 is 4.92. The molecule has 0 saturated carbocycles. The fourth-order valence-corrected chi connectivity index (χ4v) is 3.01. The summed E-state index contributed by atoms with van der Waals surface area (Å²) in [6, 6.07) is 8.87. The summed E-state index contributed by atoms with van der Waals surface area (Å²) in [7, 11) is 0. The molecule has 0 atom stereocenters. The van der Waals surface area contributed by atoms with Crippen molar-refractivity contribution in [3.63, 3.8) is 0 Å². The Morgan fingerprint density at radius 2 is 2.26 bits per heavy atom. The van der Waals surface area contributed by atoms with Gasteiger partial charge in [0.05, 0.1) is 3.79 Å². The number of anilines is 1. The van der Waals surface area contributed by atoms with Crippen molar-refractivity contribution in [1.29, 1.82) is 0 Å². The van der Waals surface area contributed by atoms with Gasteiger partial charge in [-0.15, -0.1) is 11.3 Å². The second kappa shape index (κ2) is 6.76. The molecule has 0 unspecified atom stereocenters. The predicted octanol–water partition coefficient (Wildman–Crippen LogP) is 3.51. The number of aromatic nitrogens is 2. The van der Waals surface area contributed by atoms with Gasteiger partial charge in [-0.1, -0.05) is 17.3 Å². The molecule has 2 N–H and O–H groups in total. The normalized spacial score (nSPS) is 11.0. The molecule has 0 aliphatic carbocycles. The average Bonchev–Trinajstić information content (AvgIpc) is 3.14. The fraction of sp³-hybridized carbons (Fsp3) is 0.